The topological polar surface area (TPSA) is 79.5 Å². The van der Waals surface area contributed by atoms with Crippen LogP contribution in [-0.2, 0) is 4.74 Å². The van der Waals surface area contributed by atoms with Gasteiger partial charge in [0.2, 0.25) is 0 Å². The van der Waals surface area contributed by atoms with Crippen molar-refractivity contribution in [3.8, 4) is 0 Å². The molecule has 0 radical (unpaired) electrons. The van der Waals surface area contributed by atoms with E-state index in [4.69, 9.17) is 4.74 Å². The number of amides is 2. The normalized spacial score (nSPS) is 10.0. The van der Waals surface area contributed by atoms with Gasteiger partial charge in [-0.05, 0) is 67.6 Å². The predicted octanol–water partition coefficient (Wildman–Crippen LogP) is 5.25. The van der Waals surface area contributed by atoms with Crippen LogP contribution in [-0.4, -0.2) is 18.6 Å². The zero-order valence-corrected chi connectivity index (χ0v) is 15.4. The first-order chi connectivity index (χ1) is 13.6. The van der Waals surface area contributed by atoms with Crippen LogP contribution in [0.5, 0.6) is 0 Å². The van der Waals surface area contributed by atoms with Crippen LogP contribution >= 0.6 is 0 Å². The highest BCUT2D eigenvalue weighted by Crippen LogP contribution is 2.20. The molecule has 3 aromatic carbocycles. The lowest BCUT2D eigenvalue weighted by atomic mass is 10.2. The Balaban J connectivity index is 1.55. The summed E-state index contributed by atoms with van der Waals surface area (Å²) in [5.41, 5.74) is 3.62. The van der Waals surface area contributed by atoms with Gasteiger partial charge in [0.25, 0.3) is 0 Å². The van der Waals surface area contributed by atoms with E-state index < -0.39 is 0 Å². The van der Waals surface area contributed by atoms with Crippen molar-refractivity contribution in [2.75, 3.05) is 22.6 Å². The highest BCUT2D eigenvalue weighted by molar-refractivity contribution is 5.99. The SMILES string of the molecule is CCOC(=O)c1ccc(Nc2ccc(NC(=O)Nc3ccccc3)cc2)cc1. The largest absolute Gasteiger partial charge is 0.462 e. The maximum atomic E-state index is 12.0. The molecule has 6 nitrogen and oxygen atoms in total. The van der Waals surface area contributed by atoms with E-state index in [-0.39, 0.29) is 12.0 Å². The molecule has 0 saturated carbocycles. The van der Waals surface area contributed by atoms with Gasteiger partial charge in [-0.2, -0.15) is 0 Å². The number of hydrogen-bond acceptors (Lipinski definition) is 4. The number of carbonyl (C=O) groups excluding carboxylic acids is 2. The van der Waals surface area contributed by atoms with Gasteiger partial charge in [-0.3, -0.25) is 0 Å². The second-order valence-corrected chi connectivity index (χ2v) is 5.95. The Bertz CT molecular complexity index is 924. The van der Waals surface area contributed by atoms with Crippen LogP contribution < -0.4 is 16.0 Å². The number of para-hydroxylation sites is 1. The number of nitrogens with one attached hydrogen (secondary N) is 3. The molecule has 0 aliphatic rings. The molecule has 0 fully saturated rings. The molecule has 3 rings (SSSR count). The predicted molar refractivity (Wildman–Crippen MR) is 111 cm³/mol. The van der Waals surface area contributed by atoms with Crippen molar-refractivity contribution < 1.29 is 14.3 Å². The minimum atomic E-state index is -0.335. The Hall–Kier alpha value is -3.80. The third-order valence-electron chi connectivity index (χ3n) is 3.86. The van der Waals surface area contributed by atoms with Crippen LogP contribution in [0.25, 0.3) is 0 Å². The van der Waals surface area contributed by atoms with Crippen molar-refractivity contribution in [1.82, 2.24) is 0 Å². The minimum Gasteiger partial charge on any atom is -0.462 e. The molecule has 0 atom stereocenters. The molecule has 3 aromatic rings. The van der Waals surface area contributed by atoms with Crippen LogP contribution in [0.4, 0.5) is 27.5 Å². The third kappa shape index (κ3) is 5.35. The smallest absolute Gasteiger partial charge is 0.338 e. The van der Waals surface area contributed by atoms with E-state index in [9.17, 15) is 9.59 Å². The van der Waals surface area contributed by atoms with Gasteiger partial charge in [-0.25, -0.2) is 9.59 Å². The number of hydrogen-bond donors (Lipinski definition) is 3. The zero-order chi connectivity index (χ0) is 19.8. The lowest BCUT2D eigenvalue weighted by Gasteiger charge is -2.10. The Morgan fingerprint density at radius 2 is 1.21 bits per heavy atom. The number of benzene rings is 3. The third-order valence-corrected chi connectivity index (χ3v) is 3.86. The zero-order valence-electron chi connectivity index (χ0n) is 15.4. The summed E-state index contributed by atoms with van der Waals surface area (Å²) in [6.07, 6.45) is 0. The summed E-state index contributed by atoms with van der Waals surface area (Å²) in [6, 6.07) is 23.3. The number of ether oxygens (including phenoxy) is 1. The molecule has 6 heteroatoms. The second-order valence-electron chi connectivity index (χ2n) is 5.95. The van der Waals surface area contributed by atoms with Gasteiger partial charge in [-0.15, -0.1) is 0 Å². The van der Waals surface area contributed by atoms with E-state index in [1.54, 1.807) is 31.2 Å². The highest BCUT2D eigenvalue weighted by Gasteiger charge is 2.06. The lowest BCUT2D eigenvalue weighted by Crippen LogP contribution is -2.19. The summed E-state index contributed by atoms with van der Waals surface area (Å²) in [5, 5.41) is 8.79. The average molecular weight is 375 g/mol. The van der Waals surface area contributed by atoms with Crippen LogP contribution in [0.1, 0.15) is 17.3 Å². The number of esters is 1. The van der Waals surface area contributed by atoms with Crippen molar-refractivity contribution in [1.29, 1.82) is 0 Å². The van der Waals surface area contributed by atoms with E-state index >= 15 is 0 Å². The van der Waals surface area contributed by atoms with Gasteiger partial charge in [0.1, 0.15) is 0 Å². The maximum absolute atomic E-state index is 12.0. The van der Waals surface area contributed by atoms with Crippen molar-refractivity contribution in [2.24, 2.45) is 0 Å². The molecule has 0 aliphatic heterocycles. The molecule has 142 valence electrons. The van der Waals surface area contributed by atoms with E-state index in [1.807, 2.05) is 54.6 Å². The maximum Gasteiger partial charge on any atom is 0.338 e. The first kappa shape index (κ1) is 19.0. The monoisotopic (exact) mass is 375 g/mol. The van der Waals surface area contributed by atoms with Crippen LogP contribution in [0, 0.1) is 0 Å². The van der Waals surface area contributed by atoms with Crippen molar-refractivity contribution in [3.05, 3.63) is 84.4 Å². The fraction of sp³-hybridized carbons (Fsp3) is 0.0909. The van der Waals surface area contributed by atoms with Gasteiger partial charge >= 0.3 is 12.0 Å². The summed E-state index contributed by atoms with van der Waals surface area (Å²) in [5.74, 6) is -0.335. The van der Waals surface area contributed by atoms with Gasteiger partial charge < -0.3 is 20.7 Å². The summed E-state index contributed by atoms with van der Waals surface area (Å²) in [7, 11) is 0. The first-order valence-electron chi connectivity index (χ1n) is 8.91. The second kappa shape index (κ2) is 9.23. The summed E-state index contributed by atoms with van der Waals surface area (Å²) in [4.78, 5) is 23.7. The summed E-state index contributed by atoms with van der Waals surface area (Å²) < 4.78 is 4.97. The number of rotatable bonds is 6. The van der Waals surface area contributed by atoms with Crippen molar-refractivity contribution in [2.45, 2.75) is 6.92 Å². The standard InChI is InChI=1S/C22H21N3O3/c1-2-28-21(26)16-8-10-18(11-9-16)23-19-12-14-20(15-13-19)25-22(27)24-17-6-4-3-5-7-17/h3-15,23H,2H2,1H3,(H2,24,25,27). The van der Waals surface area contributed by atoms with Crippen molar-refractivity contribution >= 4 is 34.7 Å². The number of urea groups is 1. The summed E-state index contributed by atoms with van der Waals surface area (Å²) in [6.45, 7) is 2.13. The fourth-order valence-corrected chi connectivity index (χ4v) is 2.52. The quantitative estimate of drug-likeness (QED) is 0.514. The van der Waals surface area contributed by atoms with E-state index in [0.29, 0.717) is 17.9 Å². The molecular weight excluding hydrogens is 354 g/mol. The van der Waals surface area contributed by atoms with E-state index in [1.165, 1.54) is 0 Å². The minimum absolute atomic E-state index is 0.304. The van der Waals surface area contributed by atoms with Crippen LogP contribution in [0.15, 0.2) is 78.9 Å². The van der Waals surface area contributed by atoms with Crippen molar-refractivity contribution in [3.63, 3.8) is 0 Å². The fourth-order valence-electron chi connectivity index (χ4n) is 2.52. The molecule has 0 bridgehead atoms. The molecule has 0 aromatic heterocycles. The molecule has 2 amide bonds. The molecule has 0 heterocycles. The Labute approximate surface area is 163 Å². The van der Waals surface area contributed by atoms with E-state index in [0.717, 1.165) is 17.1 Å². The Kier molecular flexibility index (Phi) is 6.25. The molecule has 3 N–H and O–H groups in total. The van der Waals surface area contributed by atoms with E-state index in [2.05, 4.69) is 16.0 Å². The molecule has 0 spiro atoms. The number of carbonyl (C=O) groups is 2. The van der Waals surface area contributed by atoms with Crippen LogP contribution in [0.2, 0.25) is 0 Å². The first-order valence-corrected chi connectivity index (χ1v) is 8.91. The van der Waals surface area contributed by atoms with Gasteiger partial charge in [0, 0.05) is 22.7 Å². The Morgan fingerprint density at radius 1 is 0.714 bits per heavy atom. The van der Waals surface area contributed by atoms with Gasteiger partial charge in [0.15, 0.2) is 0 Å². The van der Waals surface area contributed by atoms with Gasteiger partial charge in [-0.1, -0.05) is 18.2 Å². The molecule has 28 heavy (non-hydrogen) atoms. The van der Waals surface area contributed by atoms with Crippen LogP contribution in [0.3, 0.4) is 0 Å². The molecule has 0 saturated heterocycles. The van der Waals surface area contributed by atoms with Gasteiger partial charge in [0.05, 0.1) is 12.2 Å². The number of anilines is 4. The average Bonchev–Trinajstić information content (AvgIpc) is 2.71. The molecule has 0 unspecified atom stereocenters. The molecule has 0 aliphatic carbocycles. The lowest BCUT2D eigenvalue weighted by molar-refractivity contribution is 0.0526. The summed E-state index contributed by atoms with van der Waals surface area (Å²) >= 11 is 0. The highest BCUT2D eigenvalue weighted by atomic mass is 16.5. The molecular formula is C22H21N3O3. The Morgan fingerprint density at radius 3 is 1.79 bits per heavy atom.